The van der Waals surface area contributed by atoms with Crippen LogP contribution in [0.3, 0.4) is 0 Å². The molecule has 0 aromatic carbocycles. The summed E-state index contributed by atoms with van der Waals surface area (Å²) in [6, 6.07) is -0.268. The number of sulfone groups is 1. The van der Waals surface area contributed by atoms with E-state index in [2.05, 4.69) is 15.0 Å². The molecule has 0 amide bonds. The summed E-state index contributed by atoms with van der Waals surface area (Å²) in [5.41, 5.74) is 0.261. The second-order valence-electron chi connectivity index (χ2n) is 4.05. The summed E-state index contributed by atoms with van der Waals surface area (Å²) in [5, 5.41) is 3.48. The Hall–Kier alpha value is -1.15. The van der Waals surface area contributed by atoms with E-state index in [0.717, 1.165) is 4.88 Å². The third-order valence-corrected chi connectivity index (χ3v) is 4.11. The van der Waals surface area contributed by atoms with Gasteiger partial charge in [0.25, 0.3) is 0 Å². The van der Waals surface area contributed by atoms with Crippen LogP contribution in [0.25, 0.3) is 0 Å². The van der Waals surface area contributed by atoms with Gasteiger partial charge in [0.2, 0.25) is 0 Å². The topological polar surface area (TPSA) is 85.4 Å². The average molecular weight is 292 g/mol. The molecule has 0 bridgehead atoms. The fraction of sp³-hybridized carbons (Fsp3) is 0.600. The smallest absolute Gasteiger partial charge is 0.357 e. The van der Waals surface area contributed by atoms with Crippen LogP contribution in [0.1, 0.15) is 22.3 Å². The van der Waals surface area contributed by atoms with Gasteiger partial charge in [-0.25, -0.2) is 18.2 Å². The number of nitrogens with one attached hydrogen (secondary N) is 1. The molecule has 6 nitrogen and oxygen atoms in total. The molecule has 0 saturated heterocycles. The van der Waals surface area contributed by atoms with Gasteiger partial charge in [-0.05, 0) is 13.8 Å². The van der Waals surface area contributed by atoms with Crippen molar-refractivity contribution in [2.24, 2.45) is 0 Å². The van der Waals surface area contributed by atoms with Gasteiger partial charge < -0.3 is 10.1 Å². The number of nitrogens with zero attached hydrogens (tertiary/aromatic N) is 1. The number of anilines is 1. The van der Waals surface area contributed by atoms with Crippen LogP contribution in [0.5, 0.6) is 0 Å². The van der Waals surface area contributed by atoms with Crippen molar-refractivity contribution in [2.75, 3.05) is 24.4 Å². The van der Waals surface area contributed by atoms with Crippen molar-refractivity contribution in [2.45, 2.75) is 19.9 Å². The SMILES string of the molecule is COC(=O)c1nc(NC(C)CS(C)(=O)=O)sc1C. The molecule has 1 aromatic rings. The van der Waals surface area contributed by atoms with E-state index in [1.807, 2.05) is 0 Å². The van der Waals surface area contributed by atoms with Crippen molar-refractivity contribution in [3.8, 4) is 0 Å². The van der Waals surface area contributed by atoms with Crippen molar-refractivity contribution in [3.05, 3.63) is 10.6 Å². The minimum Gasteiger partial charge on any atom is -0.464 e. The third kappa shape index (κ3) is 4.26. The molecule has 0 aliphatic carbocycles. The first kappa shape index (κ1) is 14.9. The summed E-state index contributed by atoms with van der Waals surface area (Å²) in [7, 11) is -1.75. The van der Waals surface area contributed by atoms with Crippen molar-refractivity contribution in [3.63, 3.8) is 0 Å². The average Bonchev–Trinajstić information content (AvgIpc) is 2.55. The summed E-state index contributed by atoms with van der Waals surface area (Å²) >= 11 is 1.29. The molecule has 0 aliphatic rings. The fourth-order valence-electron chi connectivity index (χ4n) is 1.45. The van der Waals surface area contributed by atoms with E-state index in [9.17, 15) is 13.2 Å². The third-order valence-electron chi connectivity index (χ3n) is 2.10. The molecular weight excluding hydrogens is 276 g/mol. The van der Waals surface area contributed by atoms with Gasteiger partial charge in [-0.3, -0.25) is 0 Å². The Morgan fingerprint density at radius 1 is 1.56 bits per heavy atom. The minimum absolute atomic E-state index is 0.0131. The highest BCUT2D eigenvalue weighted by Gasteiger charge is 2.17. The molecule has 1 rings (SSSR count). The van der Waals surface area contributed by atoms with Crippen LogP contribution in [-0.2, 0) is 14.6 Å². The summed E-state index contributed by atoms with van der Waals surface area (Å²) in [4.78, 5) is 16.2. The molecule has 1 heterocycles. The number of aromatic nitrogens is 1. The lowest BCUT2D eigenvalue weighted by molar-refractivity contribution is 0.0594. The summed E-state index contributed by atoms with van der Waals surface area (Å²) in [6.45, 7) is 3.51. The maximum Gasteiger partial charge on any atom is 0.357 e. The van der Waals surface area contributed by atoms with Gasteiger partial charge in [-0.1, -0.05) is 0 Å². The number of methoxy groups -OCH3 is 1. The van der Waals surface area contributed by atoms with E-state index in [0.29, 0.717) is 5.13 Å². The van der Waals surface area contributed by atoms with Crippen molar-refractivity contribution in [1.29, 1.82) is 0 Å². The van der Waals surface area contributed by atoms with Gasteiger partial charge in [0.1, 0.15) is 9.84 Å². The van der Waals surface area contributed by atoms with E-state index < -0.39 is 15.8 Å². The number of rotatable bonds is 5. The lowest BCUT2D eigenvalue weighted by atomic mass is 10.4. The van der Waals surface area contributed by atoms with E-state index in [1.165, 1.54) is 24.7 Å². The van der Waals surface area contributed by atoms with E-state index in [4.69, 9.17) is 0 Å². The minimum atomic E-state index is -3.05. The number of hydrogen-bond acceptors (Lipinski definition) is 7. The second-order valence-corrected chi connectivity index (χ2v) is 7.44. The Kier molecular flexibility index (Phi) is 4.69. The molecule has 18 heavy (non-hydrogen) atoms. The molecule has 0 fully saturated rings. The van der Waals surface area contributed by atoms with Crippen molar-refractivity contribution < 1.29 is 17.9 Å². The maximum absolute atomic E-state index is 11.4. The Morgan fingerprint density at radius 2 is 2.17 bits per heavy atom. The highest BCUT2D eigenvalue weighted by Crippen LogP contribution is 2.23. The van der Waals surface area contributed by atoms with Crippen molar-refractivity contribution >= 4 is 32.3 Å². The normalized spacial score (nSPS) is 13.1. The number of carbonyl (C=O) groups is 1. The Balaban J connectivity index is 2.78. The fourth-order valence-corrected chi connectivity index (χ4v) is 3.36. The molecule has 1 unspecified atom stereocenters. The van der Waals surface area contributed by atoms with E-state index in [-0.39, 0.29) is 17.5 Å². The predicted octanol–water partition coefficient (Wildman–Crippen LogP) is 1.08. The summed E-state index contributed by atoms with van der Waals surface area (Å²) < 4.78 is 26.9. The van der Waals surface area contributed by atoms with Gasteiger partial charge in [-0.2, -0.15) is 0 Å². The van der Waals surface area contributed by atoms with Gasteiger partial charge in [0, 0.05) is 17.2 Å². The first-order valence-corrected chi connectivity index (χ1v) is 8.10. The molecule has 1 N–H and O–H groups in total. The predicted molar refractivity (Wildman–Crippen MR) is 71.0 cm³/mol. The van der Waals surface area contributed by atoms with Crippen LogP contribution in [-0.4, -0.2) is 44.5 Å². The largest absolute Gasteiger partial charge is 0.464 e. The Labute approximate surface area is 110 Å². The zero-order chi connectivity index (χ0) is 13.9. The number of thiazole rings is 1. The Bertz CT molecular complexity index is 536. The summed E-state index contributed by atoms with van der Waals surface area (Å²) in [5.74, 6) is -0.480. The van der Waals surface area contributed by atoms with Crippen LogP contribution in [0, 0.1) is 6.92 Å². The number of esters is 1. The van der Waals surface area contributed by atoms with Crippen LogP contribution in [0.4, 0.5) is 5.13 Å². The van der Waals surface area contributed by atoms with E-state index in [1.54, 1.807) is 13.8 Å². The molecule has 0 spiro atoms. The summed E-state index contributed by atoms with van der Waals surface area (Å²) in [6.07, 6.45) is 1.18. The molecule has 8 heteroatoms. The van der Waals surface area contributed by atoms with E-state index >= 15 is 0 Å². The molecule has 0 aliphatic heterocycles. The lowest BCUT2D eigenvalue weighted by Crippen LogP contribution is -2.24. The zero-order valence-corrected chi connectivity index (χ0v) is 12.3. The van der Waals surface area contributed by atoms with Gasteiger partial charge in [-0.15, -0.1) is 11.3 Å². The van der Waals surface area contributed by atoms with Gasteiger partial charge in [0.05, 0.1) is 12.9 Å². The number of carbonyl (C=O) groups excluding carboxylic acids is 1. The maximum atomic E-state index is 11.4. The molecule has 102 valence electrons. The zero-order valence-electron chi connectivity index (χ0n) is 10.7. The standard InChI is InChI=1S/C10H16N2O4S2/c1-6(5-18(4,14)15)11-10-12-8(7(2)17-10)9(13)16-3/h6H,5H2,1-4H3,(H,11,12). The quantitative estimate of drug-likeness (QED) is 0.817. The molecule has 1 atom stereocenters. The lowest BCUT2D eigenvalue weighted by Gasteiger charge is -2.10. The van der Waals surface area contributed by atoms with Crippen molar-refractivity contribution in [1.82, 2.24) is 4.98 Å². The van der Waals surface area contributed by atoms with Crippen LogP contribution in [0.2, 0.25) is 0 Å². The van der Waals surface area contributed by atoms with Crippen LogP contribution < -0.4 is 5.32 Å². The first-order chi connectivity index (χ1) is 8.23. The van der Waals surface area contributed by atoms with Crippen LogP contribution in [0.15, 0.2) is 0 Å². The number of ether oxygens (including phenoxy) is 1. The van der Waals surface area contributed by atoms with Gasteiger partial charge in [0.15, 0.2) is 10.8 Å². The van der Waals surface area contributed by atoms with Gasteiger partial charge >= 0.3 is 5.97 Å². The van der Waals surface area contributed by atoms with Crippen LogP contribution >= 0.6 is 11.3 Å². The molecular formula is C10H16N2O4S2. The second kappa shape index (κ2) is 5.66. The molecule has 0 saturated carbocycles. The highest BCUT2D eigenvalue weighted by atomic mass is 32.2. The number of hydrogen-bond donors (Lipinski definition) is 1. The molecule has 1 aromatic heterocycles. The number of aryl methyl sites for hydroxylation is 1. The first-order valence-electron chi connectivity index (χ1n) is 5.23. The molecule has 0 radical (unpaired) electrons. The Morgan fingerprint density at radius 3 is 2.67 bits per heavy atom. The monoisotopic (exact) mass is 292 g/mol. The highest BCUT2D eigenvalue weighted by molar-refractivity contribution is 7.90.